The molecule has 26 heavy (non-hydrogen) atoms. The first-order valence-corrected chi connectivity index (χ1v) is 9.16. The Balaban J connectivity index is 2.61. The molecule has 140 valence electrons. The number of carbonyl (C=O) groups excluding carboxylic acids is 2. The van der Waals surface area contributed by atoms with E-state index in [2.05, 4.69) is 0 Å². The van der Waals surface area contributed by atoms with Crippen LogP contribution in [0.15, 0.2) is 41.7 Å². The molecule has 1 aromatic rings. The minimum Gasteiger partial charge on any atom is -0.463 e. The van der Waals surface area contributed by atoms with E-state index < -0.39 is 17.9 Å². The van der Waals surface area contributed by atoms with Gasteiger partial charge in [-0.15, -0.1) is 0 Å². The Morgan fingerprint density at radius 2 is 1.54 bits per heavy atom. The number of benzene rings is 1. The van der Waals surface area contributed by atoms with E-state index in [-0.39, 0.29) is 13.2 Å². The van der Waals surface area contributed by atoms with E-state index in [1.165, 1.54) is 0 Å². The van der Waals surface area contributed by atoms with Gasteiger partial charge in [-0.3, -0.25) is 0 Å². The largest absolute Gasteiger partial charge is 0.463 e. The van der Waals surface area contributed by atoms with Crippen molar-refractivity contribution in [1.29, 1.82) is 0 Å². The third-order valence-electron chi connectivity index (χ3n) is 3.89. The number of halogens is 2. The van der Waals surface area contributed by atoms with Crippen LogP contribution in [0.2, 0.25) is 10.0 Å². The molecule has 0 unspecified atom stereocenters. The van der Waals surface area contributed by atoms with Crippen molar-refractivity contribution in [3.63, 3.8) is 0 Å². The van der Waals surface area contributed by atoms with Crippen molar-refractivity contribution < 1.29 is 19.1 Å². The van der Waals surface area contributed by atoms with Crippen LogP contribution in [0.5, 0.6) is 0 Å². The van der Waals surface area contributed by atoms with E-state index in [9.17, 15) is 9.59 Å². The fraction of sp³-hybridized carbons (Fsp3) is 0.368. The topological polar surface area (TPSA) is 55.8 Å². The maximum absolute atomic E-state index is 12.6. The third-order valence-corrected chi connectivity index (χ3v) is 4.46. The normalized spacial score (nSPS) is 14.6. The van der Waals surface area contributed by atoms with Crippen LogP contribution < -0.4 is 0 Å². The van der Waals surface area contributed by atoms with Crippen molar-refractivity contribution in [2.45, 2.75) is 26.7 Å². The van der Waals surface area contributed by atoms with Crippen LogP contribution in [0.3, 0.4) is 0 Å². The van der Waals surface area contributed by atoms with Gasteiger partial charge in [-0.1, -0.05) is 29.3 Å². The molecule has 7 heteroatoms. The Morgan fingerprint density at radius 1 is 1.00 bits per heavy atom. The van der Waals surface area contributed by atoms with Crippen molar-refractivity contribution in [2.75, 3.05) is 19.8 Å². The number of carbonyl (C=O) groups is 2. The predicted molar refractivity (Wildman–Crippen MR) is 101 cm³/mol. The van der Waals surface area contributed by atoms with Gasteiger partial charge in [-0.25, -0.2) is 9.59 Å². The lowest BCUT2D eigenvalue weighted by atomic mass is 9.83. The van der Waals surface area contributed by atoms with E-state index in [4.69, 9.17) is 32.7 Å². The number of hydrogen-bond donors (Lipinski definition) is 0. The van der Waals surface area contributed by atoms with Crippen molar-refractivity contribution in [1.82, 2.24) is 4.90 Å². The van der Waals surface area contributed by atoms with Gasteiger partial charge >= 0.3 is 11.9 Å². The second-order valence-corrected chi connectivity index (χ2v) is 6.38. The maximum atomic E-state index is 12.6. The summed E-state index contributed by atoms with van der Waals surface area (Å²) >= 11 is 12.4. The van der Waals surface area contributed by atoms with Gasteiger partial charge in [0.05, 0.1) is 30.3 Å². The molecule has 0 radical (unpaired) electrons. The molecular formula is C19H21Cl2NO4. The monoisotopic (exact) mass is 397 g/mol. The molecule has 0 amide bonds. The van der Waals surface area contributed by atoms with Gasteiger partial charge in [0.2, 0.25) is 0 Å². The maximum Gasteiger partial charge on any atom is 0.336 e. The van der Waals surface area contributed by atoms with Crippen LogP contribution in [-0.2, 0) is 19.1 Å². The first-order chi connectivity index (χ1) is 12.4. The summed E-state index contributed by atoms with van der Waals surface area (Å²) in [6.07, 6.45) is 3.35. The summed E-state index contributed by atoms with van der Waals surface area (Å²) in [5, 5.41) is 0.825. The van der Waals surface area contributed by atoms with Crippen LogP contribution in [-0.4, -0.2) is 36.6 Å². The third kappa shape index (κ3) is 4.40. The molecule has 0 aromatic heterocycles. The highest BCUT2D eigenvalue weighted by Crippen LogP contribution is 2.40. The van der Waals surface area contributed by atoms with Crippen LogP contribution in [0.1, 0.15) is 32.3 Å². The van der Waals surface area contributed by atoms with E-state index in [0.29, 0.717) is 33.3 Å². The van der Waals surface area contributed by atoms with Crippen molar-refractivity contribution in [3.8, 4) is 0 Å². The van der Waals surface area contributed by atoms with Gasteiger partial charge in [0.1, 0.15) is 0 Å². The van der Waals surface area contributed by atoms with Crippen LogP contribution in [0, 0.1) is 0 Å². The first-order valence-electron chi connectivity index (χ1n) is 8.41. The molecule has 0 bridgehead atoms. The summed E-state index contributed by atoms with van der Waals surface area (Å²) in [5.41, 5.74) is 1.23. The average molecular weight is 398 g/mol. The van der Waals surface area contributed by atoms with Gasteiger partial charge < -0.3 is 14.4 Å². The summed E-state index contributed by atoms with van der Waals surface area (Å²) in [6.45, 7) is 6.39. The molecule has 5 nitrogen and oxygen atoms in total. The number of hydrogen-bond acceptors (Lipinski definition) is 5. The Bertz CT molecular complexity index is 722. The minimum atomic E-state index is -0.694. The van der Waals surface area contributed by atoms with E-state index >= 15 is 0 Å². The minimum absolute atomic E-state index is 0.224. The summed E-state index contributed by atoms with van der Waals surface area (Å²) < 4.78 is 10.4. The standard InChI is InChI=1S/C19H21Cl2NO4/c1-4-22-10-14(18(23)25-5-2)17(15(11-22)19(24)26-6-3)13-8-7-12(20)9-16(13)21/h7-11,17H,4-6H2,1-3H3. The van der Waals surface area contributed by atoms with Crippen LogP contribution in [0.25, 0.3) is 0 Å². The molecule has 0 saturated carbocycles. The second-order valence-electron chi connectivity index (χ2n) is 5.54. The molecule has 1 heterocycles. The predicted octanol–water partition coefficient (Wildman–Crippen LogP) is 4.31. The molecule has 0 saturated heterocycles. The highest BCUT2D eigenvalue weighted by atomic mass is 35.5. The van der Waals surface area contributed by atoms with E-state index in [1.54, 1.807) is 49.3 Å². The fourth-order valence-corrected chi connectivity index (χ4v) is 3.25. The fourth-order valence-electron chi connectivity index (χ4n) is 2.73. The quantitative estimate of drug-likeness (QED) is 0.669. The number of ether oxygens (including phenoxy) is 2. The van der Waals surface area contributed by atoms with Crippen LogP contribution >= 0.6 is 23.2 Å². The molecule has 1 aromatic carbocycles. The Kier molecular flexibility index (Phi) is 7.12. The van der Waals surface area contributed by atoms with Crippen molar-refractivity contribution >= 4 is 35.1 Å². The highest BCUT2D eigenvalue weighted by Gasteiger charge is 2.36. The van der Waals surface area contributed by atoms with Crippen molar-refractivity contribution in [3.05, 3.63) is 57.4 Å². The van der Waals surface area contributed by atoms with E-state index in [0.717, 1.165) is 0 Å². The Morgan fingerprint density at radius 3 is 1.96 bits per heavy atom. The number of nitrogens with zero attached hydrogens (tertiary/aromatic N) is 1. The lowest BCUT2D eigenvalue weighted by Gasteiger charge is -2.30. The molecule has 0 spiro atoms. The Hall–Kier alpha value is -1.98. The van der Waals surface area contributed by atoms with E-state index in [1.807, 2.05) is 6.92 Å². The summed E-state index contributed by atoms with van der Waals surface area (Å²) in [7, 11) is 0. The summed E-state index contributed by atoms with van der Waals surface area (Å²) in [6, 6.07) is 4.95. The first kappa shape index (κ1) is 20.3. The van der Waals surface area contributed by atoms with Gasteiger partial charge in [0.25, 0.3) is 0 Å². The SMILES string of the molecule is CCOC(=O)C1=CN(CC)C=C(C(=O)OCC)C1c1ccc(Cl)cc1Cl. The molecule has 1 aliphatic rings. The van der Waals surface area contributed by atoms with Gasteiger partial charge in [0, 0.05) is 29.0 Å². The average Bonchev–Trinajstić information content (AvgIpc) is 2.61. The molecule has 2 rings (SSSR count). The molecule has 0 fully saturated rings. The summed E-state index contributed by atoms with van der Waals surface area (Å²) in [5.74, 6) is -1.70. The zero-order chi connectivity index (χ0) is 19.3. The van der Waals surface area contributed by atoms with Gasteiger partial charge in [-0.2, -0.15) is 0 Å². The lowest BCUT2D eigenvalue weighted by molar-refractivity contribution is -0.139. The molecule has 0 atom stereocenters. The number of esters is 2. The molecule has 1 aliphatic heterocycles. The zero-order valence-corrected chi connectivity index (χ0v) is 16.4. The smallest absolute Gasteiger partial charge is 0.336 e. The molecule has 0 N–H and O–H groups in total. The Labute approximate surface area is 163 Å². The number of rotatable bonds is 6. The zero-order valence-electron chi connectivity index (χ0n) is 14.9. The highest BCUT2D eigenvalue weighted by molar-refractivity contribution is 6.35. The van der Waals surface area contributed by atoms with Gasteiger partial charge in [0.15, 0.2) is 0 Å². The van der Waals surface area contributed by atoms with Crippen molar-refractivity contribution in [2.24, 2.45) is 0 Å². The van der Waals surface area contributed by atoms with Crippen LogP contribution in [0.4, 0.5) is 0 Å². The van der Waals surface area contributed by atoms with Gasteiger partial charge in [-0.05, 0) is 38.5 Å². The summed E-state index contributed by atoms with van der Waals surface area (Å²) in [4.78, 5) is 26.9. The lowest BCUT2D eigenvalue weighted by Crippen LogP contribution is -2.29. The molecular weight excluding hydrogens is 377 g/mol. The second kappa shape index (κ2) is 9.10. The molecule has 0 aliphatic carbocycles.